The first kappa shape index (κ1) is 4.99. The molecule has 0 radical (unpaired) electrons. The monoisotopic (exact) mass is 104 g/mol. The Hall–Kier alpha value is -0.160. The van der Waals surface area contributed by atoms with E-state index in [9.17, 15) is 0 Å². The van der Waals surface area contributed by atoms with Crippen molar-refractivity contribution >= 4 is 0 Å². The zero-order valence-electron chi connectivity index (χ0n) is 3.91. The van der Waals surface area contributed by atoms with Crippen LogP contribution < -0.4 is 0 Å². The first-order valence-corrected chi connectivity index (χ1v) is 2.23. The van der Waals surface area contributed by atoms with Crippen molar-refractivity contribution in [3.63, 3.8) is 0 Å². The van der Waals surface area contributed by atoms with E-state index < -0.39 is 0 Å². The van der Waals surface area contributed by atoms with E-state index in [1.165, 1.54) is 0 Å². The summed E-state index contributed by atoms with van der Waals surface area (Å²) in [6.07, 6.45) is 0.826. The first-order chi connectivity index (χ1) is 3.30. The van der Waals surface area contributed by atoms with Gasteiger partial charge in [0.25, 0.3) is 0 Å². The maximum atomic E-state index is 8.51. The lowest BCUT2D eigenvalue weighted by molar-refractivity contribution is -0.341. The molecule has 1 saturated heterocycles. The molecule has 42 valence electrons. The van der Waals surface area contributed by atoms with Crippen LogP contribution in [-0.2, 0) is 0 Å². The Balaban J connectivity index is 2.33. The van der Waals surface area contributed by atoms with Crippen LogP contribution in [0.4, 0.5) is 0 Å². The second-order valence-corrected chi connectivity index (χ2v) is 1.55. The van der Waals surface area contributed by atoms with Crippen LogP contribution in [0.3, 0.4) is 0 Å². The zero-order chi connectivity index (χ0) is 5.28. The number of rotatable bonds is 0. The van der Waals surface area contributed by atoms with Gasteiger partial charge in [-0.3, -0.25) is 10.4 Å². The molecule has 0 amide bonds. The number of nitrogens with zero attached hydrogens (tertiary/aromatic N) is 2. The van der Waals surface area contributed by atoms with Gasteiger partial charge in [0.05, 0.1) is 0 Å². The maximum absolute atomic E-state index is 8.51. The van der Waals surface area contributed by atoms with Gasteiger partial charge in [-0.25, -0.2) is 0 Å². The Kier molecular flexibility index (Phi) is 1.25. The summed E-state index contributed by atoms with van der Waals surface area (Å²) >= 11 is 0. The second kappa shape index (κ2) is 1.75. The van der Waals surface area contributed by atoms with Crippen LogP contribution in [0.25, 0.3) is 0 Å². The minimum Gasteiger partial charge on any atom is -0.297 e. The normalized spacial score (nSPS) is 26.6. The van der Waals surface area contributed by atoms with Crippen LogP contribution in [0.2, 0.25) is 0 Å². The molecule has 7 heavy (non-hydrogen) atoms. The summed E-state index contributed by atoms with van der Waals surface area (Å²) in [6, 6.07) is 0. The Labute approximate surface area is 41.4 Å². The van der Waals surface area contributed by atoms with Crippen LogP contribution >= 0.6 is 0 Å². The summed E-state index contributed by atoms with van der Waals surface area (Å²) in [4.78, 5) is 0. The van der Waals surface area contributed by atoms with Gasteiger partial charge in [0.2, 0.25) is 0 Å². The van der Waals surface area contributed by atoms with Crippen molar-refractivity contribution in [1.82, 2.24) is 10.3 Å². The van der Waals surface area contributed by atoms with E-state index in [2.05, 4.69) is 0 Å². The summed E-state index contributed by atoms with van der Waals surface area (Å²) in [7, 11) is 0. The second-order valence-electron chi connectivity index (χ2n) is 1.55. The van der Waals surface area contributed by atoms with Crippen LogP contribution in [0, 0.1) is 0 Å². The van der Waals surface area contributed by atoms with Crippen molar-refractivity contribution in [2.75, 3.05) is 13.1 Å². The highest BCUT2D eigenvalue weighted by atomic mass is 16.7. The van der Waals surface area contributed by atoms with Crippen molar-refractivity contribution in [2.24, 2.45) is 0 Å². The predicted octanol–water partition coefficient (Wildman–Crippen LogP) is -0.312. The minimum atomic E-state index is 0.538. The topological polar surface area (TPSA) is 46.9 Å². The van der Waals surface area contributed by atoms with Crippen LogP contribution in [0.1, 0.15) is 6.42 Å². The molecular formula is C3H8N2O2. The van der Waals surface area contributed by atoms with E-state index >= 15 is 0 Å². The van der Waals surface area contributed by atoms with Crippen LogP contribution in [0.5, 0.6) is 0 Å². The molecule has 0 saturated carbocycles. The van der Waals surface area contributed by atoms with Gasteiger partial charge >= 0.3 is 0 Å². The van der Waals surface area contributed by atoms with E-state index in [4.69, 9.17) is 10.4 Å². The largest absolute Gasteiger partial charge is 0.297 e. The molecule has 1 aliphatic rings. The molecule has 0 aromatic heterocycles. The Morgan fingerprint density at radius 1 is 1.00 bits per heavy atom. The summed E-state index contributed by atoms with van der Waals surface area (Å²) in [5, 5.41) is 18.6. The number of hydrazine groups is 1. The van der Waals surface area contributed by atoms with Crippen molar-refractivity contribution in [3.8, 4) is 0 Å². The SMILES string of the molecule is ON1CCCN1O. The third-order valence-corrected chi connectivity index (χ3v) is 0.983. The third-order valence-electron chi connectivity index (χ3n) is 0.983. The van der Waals surface area contributed by atoms with E-state index in [1.807, 2.05) is 0 Å². The fourth-order valence-electron chi connectivity index (χ4n) is 0.584. The molecule has 0 aromatic rings. The van der Waals surface area contributed by atoms with E-state index in [0.717, 1.165) is 16.8 Å². The van der Waals surface area contributed by atoms with Gasteiger partial charge in [-0.15, -0.1) is 10.3 Å². The lowest BCUT2D eigenvalue weighted by Gasteiger charge is -2.11. The standard InChI is InChI=1S/C3H8N2O2/c6-4-2-1-3-5(4)7/h6-7H,1-3H2. The lowest BCUT2D eigenvalue weighted by Crippen LogP contribution is -2.29. The molecule has 0 atom stereocenters. The molecule has 0 aromatic carbocycles. The molecule has 4 heteroatoms. The van der Waals surface area contributed by atoms with Gasteiger partial charge in [0, 0.05) is 13.1 Å². The van der Waals surface area contributed by atoms with Gasteiger partial charge in [0.15, 0.2) is 0 Å². The predicted molar refractivity (Wildman–Crippen MR) is 21.6 cm³/mol. The molecular weight excluding hydrogens is 96.0 g/mol. The lowest BCUT2D eigenvalue weighted by atomic mass is 10.5. The molecule has 0 unspecified atom stereocenters. The van der Waals surface area contributed by atoms with Crippen molar-refractivity contribution in [3.05, 3.63) is 0 Å². The van der Waals surface area contributed by atoms with Gasteiger partial charge in [-0.1, -0.05) is 0 Å². The molecule has 0 spiro atoms. The maximum Gasteiger partial charge on any atom is 0.0437 e. The van der Waals surface area contributed by atoms with E-state index in [-0.39, 0.29) is 0 Å². The number of hydroxylamine groups is 2. The smallest absolute Gasteiger partial charge is 0.0437 e. The quantitative estimate of drug-likeness (QED) is 0.442. The van der Waals surface area contributed by atoms with Gasteiger partial charge in [-0.2, -0.15) is 0 Å². The van der Waals surface area contributed by atoms with Crippen molar-refractivity contribution < 1.29 is 10.4 Å². The summed E-state index contributed by atoms with van der Waals surface area (Å²) < 4.78 is 0. The Morgan fingerprint density at radius 2 is 1.43 bits per heavy atom. The van der Waals surface area contributed by atoms with Crippen LogP contribution in [-0.4, -0.2) is 33.8 Å². The average molecular weight is 104 g/mol. The highest BCUT2D eigenvalue weighted by Crippen LogP contribution is 2.01. The molecule has 1 heterocycles. The molecule has 0 aliphatic carbocycles. The summed E-state index contributed by atoms with van der Waals surface area (Å²) in [5.74, 6) is 0. The Bertz CT molecular complexity index is 60.0. The first-order valence-electron chi connectivity index (χ1n) is 2.23. The van der Waals surface area contributed by atoms with Gasteiger partial charge in [-0.05, 0) is 6.42 Å². The van der Waals surface area contributed by atoms with Gasteiger partial charge < -0.3 is 0 Å². The fourth-order valence-corrected chi connectivity index (χ4v) is 0.584. The third kappa shape index (κ3) is 0.889. The molecule has 1 rings (SSSR count). The molecule has 1 aliphatic heterocycles. The fraction of sp³-hybridized carbons (Fsp3) is 1.00. The number of hydrogen-bond donors (Lipinski definition) is 2. The molecule has 4 nitrogen and oxygen atoms in total. The highest BCUT2D eigenvalue weighted by molar-refractivity contribution is 4.49. The Morgan fingerprint density at radius 3 is 1.57 bits per heavy atom. The molecule has 2 N–H and O–H groups in total. The van der Waals surface area contributed by atoms with E-state index in [0.29, 0.717) is 13.1 Å². The number of hydrogen-bond acceptors (Lipinski definition) is 4. The van der Waals surface area contributed by atoms with E-state index in [1.54, 1.807) is 0 Å². The molecule has 1 fully saturated rings. The summed E-state index contributed by atoms with van der Waals surface area (Å²) in [6.45, 7) is 1.08. The van der Waals surface area contributed by atoms with Crippen LogP contribution in [0.15, 0.2) is 0 Å². The van der Waals surface area contributed by atoms with Gasteiger partial charge in [0.1, 0.15) is 0 Å². The minimum absolute atomic E-state index is 0.538. The summed E-state index contributed by atoms with van der Waals surface area (Å²) in [5.41, 5.74) is 0. The van der Waals surface area contributed by atoms with Crippen molar-refractivity contribution in [2.45, 2.75) is 6.42 Å². The molecule has 0 bridgehead atoms. The van der Waals surface area contributed by atoms with Crippen molar-refractivity contribution in [1.29, 1.82) is 0 Å². The zero-order valence-corrected chi connectivity index (χ0v) is 3.91. The highest BCUT2D eigenvalue weighted by Gasteiger charge is 2.15. The average Bonchev–Trinajstić information content (AvgIpc) is 1.91.